The molecule has 1 aromatic heterocycles. The average molecular weight is 680 g/mol. The number of methoxy groups -OCH3 is 2. The van der Waals surface area contributed by atoms with E-state index in [9.17, 15) is 14.0 Å². The quantitative estimate of drug-likeness (QED) is 0.184. The molecule has 1 N–H and O–H groups in total. The molecule has 4 aromatic carbocycles. The topological polar surface area (TPSA) is 100 Å². The van der Waals surface area contributed by atoms with Gasteiger partial charge in [-0.05, 0) is 79.6 Å². The van der Waals surface area contributed by atoms with Crippen molar-refractivity contribution in [3.8, 4) is 23.0 Å². The van der Waals surface area contributed by atoms with Crippen molar-refractivity contribution in [3.63, 3.8) is 0 Å². The number of carbonyl (C=O) groups is 1. The maximum Gasteiger partial charge on any atom is 0.271 e. The van der Waals surface area contributed by atoms with E-state index in [4.69, 9.17) is 23.9 Å². The molecule has 2 heterocycles. The number of allylic oxidation sites excluding steroid dienone is 1. The first-order valence-corrected chi connectivity index (χ1v) is 16.4. The van der Waals surface area contributed by atoms with E-state index in [-0.39, 0.29) is 23.9 Å². The number of hydrogen-bond acceptors (Lipinski definition) is 8. The smallest absolute Gasteiger partial charge is 0.271 e. The minimum absolute atomic E-state index is 0.229. The highest BCUT2D eigenvalue weighted by molar-refractivity contribution is 7.07. The van der Waals surface area contributed by atoms with Gasteiger partial charge >= 0.3 is 0 Å². The van der Waals surface area contributed by atoms with E-state index in [1.165, 1.54) is 35.1 Å². The first-order chi connectivity index (χ1) is 23.8. The van der Waals surface area contributed by atoms with Crippen molar-refractivity contribution in [1.82, 2.24) is 4.57 Å². The Labute approximate surface area is 286 Å². The molecular weight excluding hydrogens is 645 g/mol. The molecule has 0 bridgehead atoms. The summed E-state index contributed by atoms with van der Waals surface area (Å²) < 4.78 is 38.3. The first-order valence-electron chi connectivity index (χ1n) is 15.5. The molecule has 6 rings (SSSR count). The van der Waals surface area contributed by atoms with Crippen LogP contribution in [0.4, 0.5) is 10.1 Å². The minimum atomic E-state index is -0.843. The summed E-state index contributed by atoms with van der Waals surface area (Å²) in [5, 5.41) is 2.96. The summed E-state index contributed by atoms with van der Waals surface area (Å²) in [6.07, 6.45) is 1.77. The maximum absolute atomic E-state index is 14.3. The number of rotatable bonds is 11. The van der Waals surface area contributed by atoms with Crippen LogP contribution >= 0.6 is 11.3 Å². The molecule has 49 heavy (non-hydrogen) atoms. The Hall–Kier alpha value is -5.68. The molecule has 11 heteroatoms. The van der Waals surface area contributed by atoms with Crippen LogP contribution in [0.1, 0.15) is 36.6 Å². The van der Waals surface area contributed by atoms with Crippen LogP contribution in [0.5, 0.6) is 23.0 Å². The van der Waals surface area contributed by atoms with E-state index < -0.39 is 6.04 Å². The SMILES string of the molecule is CCOc1cc(/C=c2\sc3n(c2=O)[C@@H](c2ccc(OC)cc2OC)C(C(=O)Nc2ccccc2)=C(C)N=3)ccc1OCc1ccc(F)cc1. The number of nitrogens with one attached hydrogen (secondary N) is 1. The molecule has 250 valence electrons. The summed E-state index contributed by atoms with van der Waals surface area (Å²) in [6.45, 7) is 4.26. The van der Waals surface area contributed by atoms with Crippen LogP contribution in [-0.4, -0.2) is 31.3 Å². The van der Waals surface area contributed by atoms with E-state index in [0.717, 1.165) is 5.56 Å². The third-order valence-corrected chi connectivity index (χ3v) is 8.89. The van der Waals surface area contributed by atoms with Crippen molar-refractivity contribution in [2.75, 3.05) is 26.1 Å². The fraction of sp³-hybridized carbons (Fsp3) is 0.184. The second kappa shape index (κ2) is 14.6. The Morgan fingerprint density at radius 1 is 0.939 bits per heavy atom. The van der Waals surface area contributed by atoms with Gasteiger partial charge in [-0.15, -0.1) is 0 Å². The van der Waals surface area contributed by atoms with Gasteiger partial charge in [-0.1, -0.05) is 47.7 Å². The van der Waals surface area contributed by atoms with Gasteiger partial charge in [0, 0.05) is 17.3 Å². The van der Waals surface area contributed by atoms with E-state index in [1.54, 1.807) is 74.7 Å². The Balaban J connectivity index is 1.42. The molecule has 1 atom stereocenters. The highest BCUT2D eigenvalue weighted by Crippen LogP contribution is 2.38. The fourth-order valence-corrected chi connectivity index (χ4v) is 6.61. The Morgan fingerprint density at radius 3 is 2.43 bits per heavy atom. The molecule has 1 amide bonds. The van der Waals surface area contributed by atoms with E-state index in [1.807, 2.05) is 31.2 Å². The standard InChI is InChI=1S/C38H34FN3O6S/c1-5-47-32-19-25(13-18-30(32)48-22-24-11-14-26(39)15-12-24)20-33-37(44)42-35(29-17-16-28(45-3)21-31(29)46-4)34(23(2)40-38(42)49-33)36(43)41-27-9-7-6-8-10-27/h6-21,35H,5,22H2,1-4H3,(H,41,43)/b33-20-/t35-/m0/s1. The van der Waals surface area contributed by atoms with Crippen LogP contribution in [0.2, 0.25) is 0 Å². The number of para-hydroxylation sites is 1. The summed E-state index contributed by atoms with van der Waals surface area (Å²) in [4.78, 5) is 33.4. The summed E-state index contributed by atoms with van der Waals surface area (Å²) in [5.74, 6) is 1.34. The molecule has 0 fully saturated rings. The van der Waals surface area contributed by atoms with Gasteiger partial charge in [-0.3, -0.25) is 14.2 Å². The zero-order valence-electron chi connectivity index (χ0n) is 27.4. The summed E-state index contributed by atoms with van der Waals surface area (Å²) in [6, 6.07) is 25.1. The largest absolute Gasteiger partial charge is 0.497 e. The number of fused-ring (bicyclic) bond motifs is 1. The molecule has 1 aliphatic rings. The lowest BCUT2D eigenvalue weighted by Gasteiger charge is -2.26. The highest BCUT2D eigenvalue weighted by atomic mass is 32.1. The van der Waals surface area contributed by atoms with Crippen LogP contribution in [0.3, 0.4) is 0 Å². The maximum atomic E-state index is 14.3. The molecule has 1 aliphatic heterocycles. The number of hydrogen-bond donors (Lipinski definition) is 1. The van der Waals surface area contributed by atoms with Crippen molar-refractivity contribution < 1.29 is 28.1 Å². The van der Waals surface area contributed by atoms with Crippen molar-refractivity contribution in [3.05, 3.63) is 144 Å². The van der Waals surface area contributed by atoms with Crippen LogP contribution in [0.15, 0.2) is 112 Å². The number of anilines is 1. The minimum Gasteiger partial charge on any atom is -0.497 e. The monoisotopic (exact) mass is 679 g/mol. The van der Waals surface area contributed by atoms with E-state index in [2.05, 4.69) is 5.32 Å². The number of aromatic nitrogens is 1. The number of thiazole rings is 1. The fourth-order valence-electron chi connectivity index (χ4n) is 5.57. The number of nitrogens with zero attached hydrogens (tertiary/aromatic N) is 2. The summed E-state index contributed by atoms with van der Waals surface area (Å²) in [7, 11) is 3.09. The van der Waals surface area contributed by atoms with E-state index >= 15 is 0 Å². The molecule has 0 spiro atoms. The highest BCUT2D eigenvalue weighted by Gasteiger charge is 2.34. The number of carbonyl (C=O) groups excluding carboxylic acids is 1. The number of benzene rings is 4. The molecule has 0 saturated carbocycles. The van der Waals surface area contributed by atoms with Gasteiger partial charge in [0.15, 0.2) is 16.3 Å². The molecule has 0 aliphatic carbocycles. The van der Waals surface area contributed by atoms with E-state index in [0.29, 0.717) is 67.0 Å². The summed E-state index contributed by atoms with van der Waals surface area (Å²) in [5.41, 5.74) is 3.20. The van der Waals surface area contributed by atoms with Gasteiger partial charge < -0.3 is 24.3 Å². The van der Waals surface area contributed by atoms with Gasteiger partial charge in [-0.25, -0.2) is 9.38 Å². The third kappa shape index (κ3) is 7.12. The molecular formula is C38H34FN3O6S. The molecule has 0 radical (unpaired) electrons. The van der Waals surface area contributed by atoms with Crippen molar-refractivity contribution in [2.24, 2.45) is 4.99 Å². The van der Waals surface area contributed by atoms with Crippen molar-refractivity contribution in [1.29, 1.82) is 0 Å². The second-order valence-electron chi connectivity index (χ2n) is 11.1. The Kier molecular flexibility index (Phi) is 9.91. The normalized spacial score (nSPS) is 14.1. The predicted octanol–water partition coefficient (Wildman–Crippen LogP) is 6.01. The lowest BCUT2D eigenvalue weighted by Crippen LogP contribution is -2.40. The van der Waals surface area contributed by atoms with Crippen LogP contribution in [0, 0.1) is 5.82 Å². The average Bonchev–Trinajstić information content (AvgIpc) is 3.41. The number of ether oxygens (including phenoxy) is 4. The lowest BCUT2D eigenvalue weighted by atomic mass is 9.94. The predicted molar refractivity (Wildman–Crippen MR) is 187 cm³/mol. The second-order valence-corrected chi connectivity index (χ2v) is 12.1. The molecule has 9 nitrogen and oxygen atoms in total. The number of halogens is 1. The van der Waals surface area contributed by atoms with Gasteiger partial charge in [-0.2, -0.15) is 0 Å². The van der Waals surface area contributed by atoms with Gasteiger partial charge in [0.1, 0.15) is 30.0 Å². The Morgan fingerprint density at radius 2 is 1.71 bits per heavy atom. The third-order valence-electron chi connectivity index (χ3n) is 7.91. The zero-order chi connectivity index (χ0) is 34.5. The van der Waals surface area contributed by atoms with Gasteiger partial charge in [0.05, 0.1) is 36.6 Å². The van der Waals surface area contributed by atoms with Gasteiger partial charge in [0.2, 0.25) is 0 Å². The molecule has 0 saturated heterocycles. The summed E-state index contributed by atoms with van der Waals surface area (Å²) >= 11 is 1.22. The first kappa shape index (κ1) is 33.2. The van der Waals surface area contributed by atoms with Crippen molar-refractivity contribution in [2.45, 2.75) is 26.5 Å². The van der Waals surface area contributed by atoms with Crippen LogP contribution in [0.25, 0.3) is 6.08 Å². The lowest BCUT2D eigenvalue weighted by molar-refractivity contribution is -0.113. The van der Waals surface area contributed by atoms with Crippen LogP contribution < -0.4 is 39.2 Å². The Bertz CT molecular complexity index is 2210. The van der Waals surface area contributed by atoms with Crippen molar-refractivity contribution >= 4 is 29.0 Å². The number of amides is 1. The molecule has 0 unspecified atom stereocenters. The molecule has 5 aromatic rings. The zero-order valence-corrected chi connectivity index (χ0v) is 28.2. The van der Waals surface area contributed by atoms with Gasteiger partial charge in [0.25, 0.3) is 11.5 Å². The van der Waals surface area contributed by atoms with Crippen LogP contribution in [-0.2, 0) is 11.4 Å².